The number of anilines is 1. The van der Waals surface area contributed by atoms with Crippen molar-refractivity contribution >= 4 is 17.4 Å². The summed E-state index contributed by atoms with van der Waals surface area (Å²) in [5.74, 6) is 1.63. The lowest BCUT2D eigenvalue weighted by Crippen LogP contribution is -2.44. The summed E-state index contributed by atoms with van der Waals surface area (Å²) in [5, 5.41) is 24.4. The molecule has 3 aliphatic carbocycles. The van der Waals surface area contributed by atoms with Crippen molar-refractivity contribution in [1.82, 2.24) is 10.2 Å². The van der Waals surface area contributed by atoms with E-state index >= 15 is 0 Å². The maximum Gasteiger partial charge on any atom is 0.225 e. The van der Waals surface area contributed by atoms with Crippen LogP contribution >= 0.6 is 0 Å². The van der Waals surface area contributed by atoms with E-state index in [1.165, 1.54) is 0 Å². The highest BCUT2D eigenvalue weighted by Crippen LogP contribution is 2.62. The van der Waals surface area contributed by atoms with Gasteiger partial charge in [-0.15, -0.1) is 5.10 Å². The minimum Gasteiger partial charge on any atom is -0.411 e. The molecule has 1 amide bonds. The van der Waals surface area contributed by atoms with Crippen molar-refractivity contribution in [3.8, 4) is 0 Å². The van der Waals surface area contributed by atoms with Gasteiger partial charge in [0.15, 0.2) is 5.82 Å². The third-order valence-electron chi connectivity index (χ3n) is 8.52. The monoisotopic (exact) mass is 450 g/mol. The Morgan fingerprint density at radius 1 is 1.27 bits per heavy atom. The molecule has 2 N–H and O–H groups in total. The number of benzene rings is 1. The first-order valence-corrected chi connectivity index (χ1v) is 12.0. The number of aromatic nitrogens is 2. The van der Waals surface area contributed by atoms with Crippen LogP contribution in [0.15, 0.2) is 35.5 Å². The first-order valence-electron chi connectivity index (χ1n) is 12.0. The molecule has 2 saturated carbocycles. The highest BCUT2D eigenvalue weighted by Gasteiger charge is 2.57. The zero-order chi connectivity index (χ0) is 23.2. The molecule has 0 saturated heterocycles. The number of nitrogens with one attached hydrogen (secondary N) is 1. The average molecular weight is 451 g/mol. The minimum absolute atomic E-state index is 0.0762. The third-order valence-corrected chi connectivity index (χ3v) is 8.52. The van der Waals surface area contributed by atoms with Gasteiger partial charge in [0.2, 0.25) is 5.91 Å². The van der Waals surface area contributed by atoms with Gasteiger partial charge in [0.1, 0.15) is 5.82 Å². The van der Waals surface area contributed by atoms with Crippen molar-refractivity contribution in [2.45, 2.75) is 64.7 Å². The Morgan fingerprint density at radius 3 is 2.88 bits per heavy atom. The lowest BCUT2D eigenvalue weighted by Gasteiger charge is -2.50. The predicted octanol–water partition coefficient (Wildman–Crippen LogP) is 5.26. The topological polar surface area (TPSA) is 87.5 Å². The van der Waals surface area contributed by atoms with Crippen molar-refractivity contribution in [1.29, 1.82) is 0 Å². The number of aryl methyl sites for hydroxylation is 1. The second-order valence-electron chi connectivity index (χ2n) is 10.3. The molecule has 7 heteroatoms. The Kier molecular flexibility index (Phi) is 5.67. The van der Waals surface area contributed by atoms with E-state index in [0.29, 0.717) is 36.4 Å². The Bertz CT molecular complexity index is 1090. The van der Waals surface area contributed by atoms with E-state index in [1.54, 1.807) is 12.1 Å². The molecule has 3 unspecified atom stereocenters. The van der Waals surface area contributed by atoms with Gasteiger partial charge >= 0.3 is 0 Å². The van der Waals surface area contributed by atoms with Crippen molar-refractivity contribution in [2.24, 2.45) is 28.3 Å². The first-order chi connectivity index (χ1) is 15.9. The van der Waals surface area contributed by atoms with Crippen molar-refractivity contribution < 1.29 is 14.4 Å². The molecule has 0 radical (unpaired) electrons. The van der Waals surface area contributed by atoms with E-state index in [9.17, 15) is 14.4 Å². The summed E-state index contributed by atoms with van der Waals surface area (Å²) in [7, 11) is 0. The van der Waals surface area contributed by atoms with Crippen LogP contribution in [-0.4, -0.2) is 27.0 Å². The number of halogens is 1. The van der Waals surface area contributed by atoms with Gasteiger partial charge in [-0.1, -0.05) is 24.2 Å². The maximum atomic E-state index is 14.5. The molecule has 0 aliphatic heterocycles. The zero-order valence-electron chi connectivity index (χ0n) is 19.2. The molecule has 1 heterocycles. The number of carbonyl (C=O) groups is 1. The number of carbonyl (C=O) groups excluding carboxylic acids is 1. The molecule has 3 aliphatic rings. The summed E-state index contributed by atoms with van der Waals surface area (Å²) in [6.45, 7) is 4.08. The molecule has 174 valence electrons. The van der Waals surface area contributed by atoms with E-state index in [-0.39, 0.29) is 23.1 Å². The fraction of sp³-hybridized carbons (Fsp3) is 0.538. The van der Waals surface area contributed by atoms with E-state index in [0.717, 1.165) is 54.6 Å². The largest absolute Gasteiger partial charge is 0.411 e. The lowest BCUT2D eigenvalue weighted by atomic mass is 9.54. The Balaban J connectivity index is 1.35. The zero-order valence-corrected chi connectivity index (χ0v) is 19.2. The number of amides is 1. The summed E-state index contributed by atoms with van der Waals surface area (Å²) in [6.07, 6.45) is 5.42. The third kappa shape index (κ3) is 3.81. The van der Waals surface area contributed by atoms with Gasteiger partial charge < -0.3 is 10.5 Å². The molecule has 6 nitrogen and oxygen atoms in total. The summed E-state index contributed by atoms with van der Waals surface area (Å²) in [6, 6.07) is 9.07. The smallest absolute Gasteiger partial charge is 0.225 e. The van der Waals surface area contributed by atoms with Crippen molar-refractivity contribution in [3.05, 3.63) is 53.0 Å². The van der Waals surface area contributed by atoms with Gasteiger partial charge in [-0.3, -0.25) is 4.79 Å². The fourth-order valence-corrected chi connectivity index (χ4v) is 7.06. The van der Waals surface area contributed by atoms with Gasteiger partial charge in [-0.25, -0.2) is 4.39 Å². The molecule has 5 atom stereocenters. The second-order valence-corrected chi connectivity index (χ2v) is 10.3. The van der Waals surface area contributed by atoms with Crippen LogP contribution in [-0.2, 0) is 11.2 Å². The number of fused-ring (bicyclic) bond motifs is 5. The van der Waals surface area contributed by atoms with Gasteiger partial charge in [0.05, 0.1) is 11.4 Å². The van der Waals surface area contributed by atoms with E-state index in [4.69, 9.17) is 0 Å². The molecule has 1 aromatic carbocycles. The predicted molar refractivity (Wildman–Crippen MR) is 124 cm³/mol. The normalized spacial score (nSPS) is 31.5. The van der Waals surface area contributed by atoms with Crippen LogP contribution in [0.1, 0.15) is 68.2 Å². The minimum atomic E-state index is -0.162. The Labute approximate surface area is 193 Å². The number of rotatable bonds is 4. The maximum absolute atomic E-state index is 14.5. The quantitative estimate of drug-likeness (QED) is 0.492. The van der Waals surface area contributed by atoms with Crippen molar-refractivity contribution in [2.75, 3.05) is 5.32 Å². The molecular formula is C26H31FN4O2. The van der Waals surface area contributed by atoms with E-state index in [1.807, 2.05) is 19.1 Å². The molecule has 1 aromatic heterocycles. The van der Waals surface area contributed by atoms with Crippen LogP contribution in [0, 0.1) is 35.9 Å². The van der Waals surface area contributed by atoms with Crippen LogP contribution in [0.3, 0.4) is 0 Å². The Morgan fingerprint density at radius 2 is 2.12 bits per heavy atom. The molecule has 2 fully saturated rings. The van der Waals surface area contributed by atoms with Crippen LogP contribution < -0.4 is 5.32 Å². The highest BCUT2D eigenvalue weighted by molar-refractivity contribution is 5.93. The van der Waals surface area contributed by atoms with Crippen molar-refractivity contribution in [3.63, 3.8) is 0 Å². The lowest BCUT2D eigenvalue weighted by molar-refractivity contribution is -0.116. The molecule has 5 rings (SSSR count). The molecular weight excluding hydrogens is 419 g/mol. The van der Waals surface area contributed by atoms with Crippen LogP contribution in [0.5, 0.6) is 0 Å². The van der Waals surface area contributed by atoms with Crippen LogP contribution in [0.2, 0.25) is 0 Å². The summed E-state index contributed by atoms with van der Waals surface area (Å²) < 4.78 is 14.5. The van der Waals surface area contributed by atoms with Crippen LogP contribution in [0.4, 0.5) is 10.2 Å². The van der Waals surface area contributed by atoms with E-state index in [2.05, 4.69) is 33.7 Å². The van der Waals surface area contributed by atoms with Gasteiger partial charge in [0, 0.05) is 11.8 Å². The SMILES string of the molecule is Cc1ccc(NC(=O)CC[C@@H]2C/C(=N\O)[C@@]3(C)CCC4c5cccc(F)c5CCC4C23)nn1. The number of nitrogens with zero attached hydrogens (tertiary/aromatic N) is 3. The number of hydrogen-bond acceptors (Lipinski definition) is 5. The van der Waals surface area contributed by atoms with Gasteiger partial charge in [0.25, 0.3) is 0 Å². The van der Waals surface area contributed by atoms with Gasteiger partial charge in [-0.2, -0.15) is 5.10 Å². The van der Waals surface area contributed by atoms with E-state index < -0.39 is 0 Å². The fourth-order valence-electron chi connectivity index (χ4n) is 7.06. The summed E-state index contributed by atoms with van der Waals surface area (Å²) in [4.78, 5) is 12.6. The number of oxime groups is 1. The molecule has 2 aromatic rings. The highest BCUT2D eigenvalue weighted by atomic mass is 19.1. The molecule has 0 bridgehead atoms. The average Bonchev–Trinajstić information content (AvgIpc) is 3.11. The van der Waals surface area contributed by atoms with Crippen LogP contribution in [0.25, 0.3) is 0 Å². The first kappa shape index (κ1) is 22.0. The molecule has 0 spiro atoms. The second kappa shape index (κ2) is 8.50. The Hall–Kier alpha value is -2.83. The molecule has 33 heavy (non-hydrogen) atoms. The summed E-state index contributed by atoms with van der Waals surface area (Å²) >= 11 is 0. The summed E-state index contributed by atoms with van der Waals surface area (Å²) in [5.41, 5.74) is 3.55. The standard InChI is InChI=1S/C26H31FN4O2/c1-15-6-10-23(30-29-15)28-24(32)11-7-16-14-22(31-33)26(2)13-12-18-17-4-3-5-21(27)19(17)8-9-20(18)25(16)26/h3-6,10,16,18,20,25,33H,7-9,11-14H2,1-2H3,(H,28,30,32)/b31-22+/t16-,18?,20?,25?,26-/m1/s1. The van der Waals surface area contributed by atoms with Gasteiger partial charge in [-0.05, 0) is 98.4 Å². The number of hydrogen-bond donors (Lipinski definition) is 2.